The molecular formula is C22H25NO. The monoisotopic (exact) mass is 319 g/mol. The molecule has 1 amide bonds. The molecule has 4 rings (SSSR count). The average Bonchev–Trinajstić information content (AvgIpc) is 3.24. The summed E-state index contributed by atoms with van der Waals surface area (Å²) < 4.78 is 0. The van der Waals surface area contributed by atoms with Gasteiger partial charge in [-0.25, -0.2) is 0 Å². The summed E-state index contributed by atoms with van der Waals surface area (Å²) in [6.07, 6.45) is 7.04. The maximum Gasteiger partial charge on any atom is 0.251 e. The second-order valence-electron chi connectivity index (χ2n) is 7.40. The highest BCUT2D eigenvalue weighted by atomic mass is 16.1. The first kappa shape index (κ1) is 15.4. The summed E-state index contributed by atoms with van der Waals surface area (Å²) in [5.41, 5.74) is 3.33. The van der Waals surface area contributed by atoms with Crippen molar-refractivity contribution in [3.8, 4) is 0 Å². The molecule has 2 aromatic rings. The fourth-order valence-electron chi connectivity index (χ4n) is 4.55. The van der Waals surface area contributed by atoms with E-state index in [2.05, 4.69) is 35.6 Å². The Morgan fingerprint density at radius 1 is 0.917 bits per heavy atom. The van der Waals surface area contributed by atoms with E-state index >= 15 is 0 Å². The van der Waals surface area contributed by atoms with Crippen molar-refractivity contribution in [2.24, 2.45) is 11.8 Å². The minimum Gasteiger partial charge on any atom is -0.349 e. The summed E-state index contributed by atoms with van der Waals surface area (Å²) >= 11 is 0. The summed E-state index contributed by atoms with van der Waals surface area (Å²) in [4.78, 5) is 12.8. The van der Waals surface area contributed by atoms with Crippen molar-refractivity contribution in [1.82, 2.24) is 5.32 Å². The molecule has 2 fully saturated rings. The van der Waals surface area contributed by atoms with Crippen LogP contribution < -0.4 is 5.32 Å². The van der Waals surface area contributed by atoms with Crippen LogP contribution in [0.25, 0.3) is 0 Å². The first-order chi connectivity index (χ1) is 11.8. The van der Waals surface area contributed by atoms with Crippen LogP contribution in [0.1, 0.15) is 47.2 Å². The highest BCUT2D eigenvalue weighted by Crippen LogP contribution is 2.44. The van der Waals surface area contributed by atoms with E-state index in [9.17, 15) is 4.79 Å². The molecule has 2 aromatic carbocycles. The van der Waals surface area contributed by atoms with Crippen LogP contribution in [-0.4, -0.2) is 11.9 Å². The number of nitrogens with one attached hydrogen (secondary N) is 1. The molecule has 2 heteroatoms. The third-order valence-corrected chi connectivity index (χ3v) is 5.84. The Morgan fingerprint density at radius 3 is 2.46 bits per heavy atom. The van der Waals surface area contributed by atoms with Gasteiger partial charge in [0.25, 0.3) is 5.91 Å². The van der Waals surface area contributed by atoms with Crippen molar-refractivity contribution in [1.29, 1.82) is 0 Å². The summed E-state index contributed by atoms with van der Waals surface area (Å²) in [7, 11) is 0. The van der Waals surface area contributed by atoms with Gasteiger partial charge in [0.15, 0.2) is 0 Å². The predicted octanol–water partition coefficient (Wildman–Crippen LogP) is 4.39. The minimum atomic E-state index is 0.121. The van der Waals surface area contributed by atoms with Gasteiger partial charge in [-0.15, -0.1) is 0 Å². The fraction of sp³-hybridized carbons (Fsp3) is 0.409. The van der Waals surface area contributed by atoms with E-state index in [0.717, 1.165) is 35.8 Å². The number of hydrogen-bond donors (Lipinski definition) is 1. The van der Waals surface area contributed by atoms with Gasteiger partial charge in [0.1, 0.15) is 0 Å². The Morgan fingerprint density at radius 2 is 1.71 bits per heavy atom. The molecule has 0 radical (unpaired) electrons. The molecule has 24 heavy (non-hydrogen) atoms. The molecule has 0 saturated heterocycles. The maximum atomic E-state index is 12.8. The Labute approximate surface area is 144 Å². The van der Waals surface area contributed by atoms with E-state index in [1.165, 1.54) is 31.2 Å². The van der Waals surface area contributed by atoms with E-state index in [1.54, 1.807) is 0 Å². The largest absolute Gasteiger partial charge is 0.349 e. The van der Waals surface area contributed by atoms with Crippen molar-refractivity contribution in [2.75, 3.05) is 0 Å². The zero-order chi connectivity index (χ0) is 16.4. The number of aryl methyl sites for hydroxylation is 2. The van der Waals surface area contributed by atoms with Crippen LogP contribution in [0.4, 0.5) is 0 Å². The molecule has 2 aliphatic carbocycles. The predicted molar refractivity (Wildman–Crippen MR) is 97.0 cm³/mol. The molecule has 0 unspecified atom stereocenters. The van der Waals surface area contributed by atoms with E-state index in [4.69, 9.17) is 0 Å². The topological polar surface area (TPSA) is 29.1 Å². The maximum absolute atomic E-state index is 12.8. The van der Waals surface area contributed by atoms with Crippen LogP contribution in [0.5, 0.6) is 0 Å². The average molecular weight is 319 g/mol. The van der Waals surface area contributed by atoms with Crippen LogP contribution in [0.2, 0.25) is 0 Å². The van der Waals surface area contributed by atoms with Crippen molar-refractivity contribution >= 4 is 5.91 Å². The number of carbonyl (C=O) groups excluding carboxylic acids is 1. The van der Waals surface area contributed by atoms with Gasteiger partial charge in [-0.3, -0.25) is 4.79 Å². The smallest absolute Gasteiger partial charge is 0.251 e. The number of rotatable bonds is 5. The number of hydrogen-bond acceptors (Lipinski definition) is 1. The molecule has 0 heterocycles. The highest BCUT2D eigenvalue weighted by molar-refractivity contribution is 5.95. The summed E-state index contributed by atoms with van der Waals surface area (Å²) in [6, 6.07) is 19.0. The lowest BCUT2D eigenvalue weighted by molar-refractivity contribution is 0.0922. The molecule has 0 aromatic heterocycles. The molecule has 2 nitrogen and oxygen atoms in total. The van der Waals surface area contributed by atoms with Crippen LogP contribution in [0.15, 0.2) is 54.6 Å². The first-order valence-corrected chi connectivity index (χ1v) is 9.22. The van der Waals surface area contributed by atoms with E-state index in [1.807, 2.05) is 24.3 Å². The number of fused-ring (bicyclic) bond motifs is 2. The lowest BCUT2D eigenvalue weighted by atomic mass is 9.94. The van der Waals surface area contributed by atoms with E-state index in [-0.39, 0.29) is 5.91 Å². The van der Waals surface area contributed by atoms with Crippen molar-refractivity contribution < 1.29 is 4.79 Å². The Bertz CT molecular complexity index is 709. The van der Waals surface area contributed by atoms with Crippen molar-refractivity contribution in [3.63, 3.8) is 0 Å². The fourth-order valence-corrected chi connectivity index (χ4v) is 4.55. The molecule has 2 bridgehead atoms. The zero-order valence-electron chi connectivity index (χ0n) is 14.1. The van der Waals surface area contributed by atoms with Gasteiger partial charge in [0.05, 0.1) is 0 Å². The van der Waals surface area contributed by atoms with Crippen LogP contribution in [-0.2, 0) is 12.8 Å². The van der Waals surface area contributed by atoms with Crippen LogP contribution in [0, 0.1) is 11.8 Å². The highest BCUT2D eigenvalue weighted by Gasteiger charge is 2.40. The van der Waals surface area contributed by atoms with Gasteiger partial charge in [0.2, 0.25) is 0 Å². The number of amides is 1. The SMILES string of the molecule is O=C(N[C@H]1C[C@H]2CC[C@H]1C2)c1ccccc1CCc1ccccc1. The summed E-state index contributed by atoms with van der Waals surface area (Å²) in [5, 5.41) is 3.33. The normalized spacial score (nSPS) is 24.9. The quantitative estimate of drug-likeness (QED) is 0.870. The van der Waals surface area contributed by atoms with Gasteiger partial charge in [-0.1, -0.05) is 55.0 Å². The summed E-state index contributed by atoms with van der Waals surface area (Å²) in [6.45, 7) is 0. The van der Waals surface area contributed by atoms with E-state index in [0.29, 0.717) is 6.04 Å². The molecule has 124 valence electrons. The molecule has 2 aliphatic rings. The first-order valence-electron chi connectivity index (χ1n) is 9.22. The molecule has 2 saturated carbocycles. The molecule has 1 N–H and O–H groups in total. The van der Waals surface area contributed by atoms with Gasteiger partial charge in [-0.05, 0) is 61.1 Å². The van der Waals surface area contributed by atoms with Gasteiger partial charge >= 0.3 is 0 Å². The Kier molecular flexibility index (Phi) is 4.38. The van der Waals surface area contributed by atoms with Crippen molar-refractivity contribution in [2.45, 2.75) is 44.6 Å². The molecule has 0 aliphatic heterocycles. The standard InChI is InChI=1S/C22H25NO/c24-22(23-21-15-17-11-13-19(21)14-17)20-9-5-4-8-18(20)12-10-16-6-2-1-3-7-16/h1-9,17,19,21H,10-15H2,(H,23,24)/t17-,19-,21-/m0/s1. The van der Waals surface area contributed by atoms with Crippen LogP contribution >= 0.6 is 0 Å². The number of carbonyl (C=O) groups is 1. The van der Waals surface area contributed by atoms with E-state index < -0.39 is 0 Å². The van der Waals surface area contributed by atoms with Crippen molar-refractivity contribution in [3.05, 3.63) is 71.3 Å². The molecule has 0 spiro atoms. The zero-order valence-corrected chi connectivity index (χ0v) is 14.1. The summed E-state index contributed by atoms with van der Waals surface area (Å²) in [5.74, 6) is 1.69. The lowest BCUT2D eigenvalue weighted by Crippen LogP contribution is -2.38. The molecular weight excluding hydrogens is 294 g/mol. The van der Waals surface area contributed by atoms with Gasteiger partial charge in [0, 0.05) is 11.6 Å². The Hall–Kier alpha value is -2.09. The van der Waals surface area contributed by atoms with Gasteiger partial charge in [-0.2, -0.15) is 0 Å². The third-order valence-electron chi connectivity index (χ3n) is 5.84. The second-order valence-corrected chi connectivity index (χ2v) is 7.40. The Balaban J connectivity index is 1.44. The van der Waals surface area contributed by atoms with Crippen LogP contribution in [0.3, 0.4) is 0 Å². The number of benzene rings is 2. The molecule has 3 atom stereocenters. The second kappa shape index (κ2) is 6.80. The lowest BCUT2D eigenvalue weighted by Gasteiger charge is -2.23. The third kappa shape index (κ3) is 3.24. The minimum absolute atomic E-state index is 0.121. The van der Waals surface area contributed by atoms with Gasteiger partial charge < -0.3 is 5.32 Å².